The van der Waals surface area contributed by atoms with E-state index in [1.54, 1.807) is 0 Å². The average Bonchev–Trinajstić information content (AvgIpc) is 2.38. The number of nitrogens with one attached hydrogen (secondary N) is 1. The number of anilines is 2. The van der Waals surface area contributed by atoms with Crippen molar-refractivity contribution in [3.05, 3.63) is 11.9 Å². The van der Waals surface area contributed by atoms with E-state index in [0.29, 0.717) is 12.4 Å². The maximum Gasteiger partial charge on any atom is 0.239 e. The first-order chi connectivity index (χ1) is 9.10. The summed E-state index contributed by atoms with van der Waals surface area (Å²) in [4.78, 5) is 21.8. The Morgan fingerprint density at radius 2 is 2.11 bits per heavy atom. The number of nitrogens with zero attached hydrogens (tertiary/aromatic N) is 3. The highest BCUT2D eigenvalue weighted by atomic mass is 16.2. The lowest BCUT2D eigenvalue weighted by atomic mass is 10.1. The number of amides is 1. The summed E-state index contributed by atoms with van der Waals surface area (Å²) in [5.74, 6) is 1.22. The number of carbonyl (C=O) groups excluding carboxylic acids is 1. The first kappa shape index (κ1) is 15.2. The zero-order valence-electron chi connectivity index (χ0n) is 11.9. The summed E-state index contributed by atoms with van der Waals surface area (Å²) in [6, 6.07) is 0. The maximum absolute atomic E-state index is 11.7. The lowest BCUT2D eigenvalue weighted by Gasteiger charge is -2.21. The number of nitrogen functional groups attached to an aromatic ring is 1. The molecule has 19 heavy (non-hydrogen) atoms. The van der Waals surface area contributed by atoms with E-state index in [1.165, 1.54) is 6.33 Å². The monoisotopic (exact) mass is 265 g/mol. The minimum Gasteiger partial charge on any atom is -0.383 e. The Kier molecular flexibility index (Phi) is 6.05. The van der Waals surface area contributed by atoms with Crippen molar-refractivity contribution in [3.63, 3.8) is 0 Å². The molecule has 1 rings (SSSR count). The summed E-state index contributed by atoms with van der Waals surface area (Å²) in [5.41, 5.74) is 6.79. The van der Waals surface area contributed by atoms with Gasteiger partial charge >= 0.3 is 0 Å². The van der Waals surface area contributed by atoms with Gasteiger partial charge in [0.1, 0.15) is 18.0 Å². The fourth-order valence-corrected chi connectivity index (χ4v) is 1.85. The Balaban J connectivity index is 2.78. The van der Waals surface area contributed by atoms with E-state index in [0.717, 1.165) is 30.6 Å². The molecule has 1 aromatic heterocycles. The zero-order chi connectivity index (χ0) is 14.3. The quantitative estimate of drug-likeness (QED) is 0.767. The van der Waals surface area contributed by atoms with Crippen LogP contribution >= 0.6 is 0 Å². The number of rotatable bonds is 7. The number of carbonyl (C=O) groups is 1. The van der Waals surface area contributed by atoms with Crippen LogP contribution < -0.4 is 16.0 Å². The van der Waals surface area contributed by atoms with Crippen molar-refractivity contribution in [3.8, 4) is 0 Å². The maximum atomic E-state index is 11.7. The molecule has 1 amide bonds. The molecule has 0 atom stereocenters. The molecule has 6 heteroatoms. The number of likely N-dealkylation sites (N-methyl/N-ethyl adjacent to an activating group) is 1. The van der Waals surface area contributed by atoms with Crippen LogP contribution in [0.1, 0.15) is 32.3 Å². The van der Waals surface area contributed by atoms with Crippen LogP contribution in [0.2, 0.25) is 0 Å². The standard InChI is InChI=1S/C13H23N5O/c1-4-6-10-12(14)16-9-17-13(10)18(3)8-11(19)15-7-5-2/h9H,4-8H2,1-3H3,(H,15,19)(H2,14,16,17). The van der Waals surface area contributed by atoms with Gasteiger partial charge in [-0.15, -0.1) is 0 Å². The molecule has 3 N–H and O–H groups in total. The van der Waals surface area contributed by atoms with Crippen molar-refractivity contribution in [2.24, 2.45) is 0 Å². The Bertz CT molecular complexity index is 421. The molecule has 0 radical (unpaired) electrons. The number of nitrogens with two attached hydrogens (primary N) is 1. The average molecular weight is 265 g/mol. The Hall–Kier alpha value is -1.85. The topological polar surface area (TPSA) is 84.1 Å². The van der Waals surface area contributed by atoms with Crippen molar-refractivity contribution >= 4 is 17.5 Å². The van der Waals surface area contributed by atoms with E-state index < -0.39 is 0 Å². The predicted octanol–water partition coefficient (Wildman–Crippen LogP) is 0.974. The van der Waals surface area contributed by atoms with Gasteiger partial charge < -0.3 is 16.0 Å². The van der Waals surface area contributed by atoms with Gasteiger partial charge in [0, 0.05) is 19.2 Å². The third-order valence-electron chi connectivity index (χ3n) is 2.77. The third kappa shape index (κ3) is 4.39. The van der Waals surface area contributed by atoms with Gasteiger partial charge in [0.15, 0.2) is 0 Å². The summed E-state index contributed by atoms with van der Waals surface area (Å²) in [5, 5.41) is 2.84. The lowest BCUT2D eigenvalue weighted by molar-refractivity contribution is -0.119. The van der Waals surface area contributed by atoms with Crippen LogP contribution in [-0.2, 0) is 11.2 Å². The van der Waals surface area contributed by atoms with Crippen molar-refractivity contribution in [1.82, 2.24) is 15.3 Å². The van der Waals surface area contributed by atoms with Crippen LogP contribution in [0.15, 0.2) is 6.33 Å². The Labute approximate surface area is 114 Å². The van der Waals surface area contributed by atoms with E-state index in [2.05, 4.69) is 22.2 Å². The van der Waals surface area contributed by atoms with Gasteiger partial charge in [-0.1, -0.05) is 20.3 Å². The third-order valence-corrected chi connectivity index (χ3v) is 2.77. The molecular formula is C13H23N5O. The second-order valence-corrected chi connectivity index (χ2v) is 4.52. The second-order valence-electron chi connectivity index (χ2n) is 4.52. The molecule has 6 nitrogen and oxygen atoms in total. The number of aromatic nitrogens is 2. The normalized spacial score (nSPS) is 10.3. The van der Waals surface area contributed by atoms with Gasteiger partial charge in [0.2, 0.25) is 5.91 Å². The molecule has 1 heterocycles. The number of hydrogen-bond acceptors (Lipinski definition) is 5. The van der Waals surface area contributed by atoms with Gasteiger partial charge in [-0.3, -0.25) is 4.79 Å². The molecule has 0 aliphatic heterocycles. The van der Waals surface area contributed by atoms with Crippen LogP contribution in [0.25, 0.3) is 0 Å². The summed E-state index contributed by atoms with van der Waals surface area (Å²) < 4.78 is 0. The Morgan fingerprint density at radius 1 is 1.37 bits per heavy atom. The molecule has 0 aromatic carbocycles. The van der Waals surface area contributed by atoms with Crippen LogP contribution in [0.3, 0.4) is 0 Å². The molecule has 0 saturated heterocycles. The zero-order valence-corrected chi connectivity index (χ0v) is 11.9. The molecule has 1 aromatic rings. The predicted molar refractivity (Wildman–Crippen MR) is 77.0 cm³/mol. The van der Waals surface area contributed by atoms with E-state index in [4.69, 9.17) is 5.73 Å². The van der Waals surface area contributed by atoms with Crippen LogP contribution in [-0.4, -0.2) is 36.0 Å². The molecule has 0 aliphatic carbocycles. The van der Waals surface area contributed by atoms with E-state index in [-0.39, 0.29) is 12.5 Å². The first-order valence-corrected chi connectivity index (χ1v) is 6.67. The van der Waals surface area contributed by atoms with Crippen molar-refractivity contribution in [1.29, 1.82) is 0 Å². The van der Waals surface area contributed by atoms with Crippen molar-refractivity contribution in [2.75, 3.05) is 30.8 Å². The molecule has 0 unspecified atom stereocenters. The molecule has 0 spiro atoms. The van der Waals surface area contributed by atoms with Gasteiger partial charge in [0.05, 0.1) is 6.54 Å². The fraction of sp³-hybridized carbons (Fsp3) is 0.615. The molecule has 0 aliphatic rings. The fourth-order valence-electron chi connectivity index (χ4n) is 1.85. The largest absolute Gasteiger partial charge is 0.383 e. The molecular weight excluding hydrogens is 242 g/mol. The number of hydrogen-bond donors (Lipinski definition) is 2. The molecule has 0 bridgehead atoms. The molecule has 106 valence electrons. The van der Waals surface area contributed by atoms with Crippen LogP contribution in [0.4, 0.5) is 11.6 Å². The second kappa shape index (κ2) is 7.56. The summed E-state index contributed by atoms with van der Waals surface area (Å²) >= 11 is 0. The minimum atomic E-state index is -0.0102. The van der Waals surface area contributed by atoms with E-state index in [9.17, 15) is 4.79 Å². The highest BCUT2D eigenvalue weighted by Crippen LogP contribution is 2.21. The highest BCUT2D eigenvalue weighted by Gasteiger charge is 2.14. The SMILES string of the molecule is CCCNC(=O)CN(C)c1ncnc(N)c1CCC. The van der Waals surface area contributed by atoms with Gasteiger partial charge in [-0.2, -0.15) is 0 Å². The van der Waals surface area contributed by atoms with Crippen LogP contribution in [0, 0.1) is 0 Å². The Morgan fingerprint density at radius 3 is 2.74 bits per heavy atom. The van der Waals surface area contributed by atoms with Gasteiger partial charge in [0.25, 0.3) is 0 Å². The summed E-state index contributed by atoms with van der Waals surface area (Å²) in [7, 11) is 1.84. The molecule has 0 saturated carbocycles. The van der Waals surface area contributed by atoms with E-state index >= 15 is 0 Å². The van der Waals surface area contributed by atoms with Crippen LogP contribution in [0.5, 0.6) is 0 Å². The highest BCUT2D eigenvalue weighted by molar-refractivity contribution is 5.81. The first-order valence-electron chi connectivity index (χ1n) is 6.67. The minimum absolute atomic E-state index is 0.0102. The smallest absolute Gasteiger partial charge is 0.239 e. The van der Waals surface area contributed by atoms with Crippen molar-refractivity contribution in [2.45, 2.75) is 33.1 Å². The summed E-state index contributed by atoms with van der Waals surface area (Å²) in [6.07, 6.45) is 4.13. The van der Waals surface area contributed by atoms with Crippen molar-refractivity contribution < 1.29 is 4.79 Å². The summed E-state index contributed by atoms with van der Waals surface area (Å²) in [6.45, 7) is 5.06. The molecule has 0 fully saturated rings. The van der Waals surface area contributed by atoms with E-state index in [1.807, 2.05) is 18.9 Å². The van der Waals surface area contributed by atoms with Gasteiger partial charge in [-0.25, -0.2) is 9.97 Å². The lowest BCUT2D eigenvalue weighted by Crippen LogP contribution is -2.36. The van der Waals surface area contributed by atoms with Gasteiger partial charge in [-0.05, 0) is 12.8 Å².